The van der Waals surface area contributed by atoms with Gasteiger partial charge in [0.05, 0.1) is 18.8 Å². The number of nitrogens with one attached hydrogen (secondary N) is 1. The molecule has 0 aromatic carbocycles. The molecule has 0 bridgehead atoms. The van der Waals surface area contributed by atoms with Crippen LogP contribution in [0.3, 0.4) is 0 Å². The summed E-state index contributed by atoms with van der Waals surface area (Å²) in [6.07, 6.45) is 29.9. The monoisotopic (exact) mass is 600 g/mol. The van der Waals surface area contributed by atoms with Gasteiger partial charge in [0.25, 0.3) is 0 Å². The molecule has 6 nitrogen and oxygen atoms in total. The molecular weight excluding hydrogens is 526 g/mol. The molecule has 4 unspecified atom stereocenters. The van der Waals surface area contributed by atoms with Crippen LogP contribution in [0.25, 0.3) is 0 Å². The predicted octanol–water partition coefficient (Wildman–Crippen LogP) is 8.51. The van der Waals surface area contributed by atoms with Crippen molar-refractivity contribution in [1.82, 2.24) is 5.32 Å². The first kappa shape index (κ1) is 41.3. The third-order valence-corrected chi connectivity index (χ3v) is 8.82. The highest BCUT2D eigenvalue weighted by Crippen LogP contribution is 2.16. The van der Waals surface area contributed by atoms with Gasteiger partial charge in [-0.05, 0) is 12.8 Å². The molecule has 252 valence electrons. The number of carbonyl (C=O) groups excluding carboxylic acids is 1. The van der Waals surface area contributed by atoms with Crippen LogP contribution in [0.1, 0.15) is 194 Å². The van der Waals surface area contributed by atoms with Crippen molar-refractivity contribution in [2.75, 3.05) is 6.61 Å². The van der Waals surface area contributed by atoms with E-state index in [1.807, 2.05) is 0 Å². The third-order valence-electron chi connectivity index (χ3n) is 8.82. The van der Waals surface area contributed by atoms with Gasteiger partial charge in [0.15, 0.2) is 0 Å². The van der Waals surface area contributed by atoms with Crippen molar-refractivity contribution in [3.8, 4) is 0 Å². The molecule has 0 aliphatic rings. The van der Waals surface area contributed by atoms with Crippen LogP contribution in [0.4, 0.5) is 0 Å². The molecule has 42 heavy (non-hydrogen) atoms. The van der Waals surface area contributed by atoms with Gasteiger partial charge in [-0.2, -0.15) is 0 Å². The van der Waals surface area contributed by atoms with E-state index in [0.29, 0.717) is 12.8 Å². The van der Waals surface area contributed by atoms with Crippen molar-refractivity contribution in [3.63, 3.8) is 0 Å². The SMILES string of the molecule is CCCCCCCCCCCCCCCCCCCC(O)C(=O)NC(CO)C(O)C(O)CCCCCCCCCCC. The largest absolute Gasteiger partial charge is 0.394 e. The molecular formula is C36H73NO5. The number of rotatable bonds is 33. The lowest BCUT2D eigenvalue weighted by Gasteiger charge is -2.27. The molecule has 6 heteroatoms. The Labute approximate surface area is 260 Å². The summed E-state index contributed by atoms with van der Waals surface area (Å²) in [7, 11) is 0. The van der Waals surface area contributed by atoms with Crippen molar-refractivity contribution in [2.45, 2.75) is 218 Å². The van der Waals surface area contributed by atoms with E-state index in [1.54, 1.807) is 0 Å². The molecule has 0 aliphatic heterocycles. The van der Waals surface area contributed by atoms with Gasteiger partial charge in [0.1, 0.15) is 12.2 Å². The van der Waals surface area contributed by atoms with E-state index in [-0.39, 0.29) is 0 Å². The van der Waals surface area contributed by atoms with Crippen LogP contribution < -0.4 is 5.32 Å². The summed E-state index contributed by atoms with van der Waals surface area (Å²) in [5.41, 5.74) is 0. The molecule has 0 aromatic heterocycles. The maximum atomic E-state index is 12.4. The Morgan fingerprint density at radius 2 is 0.810 bits per heavy atom. The number of hydrogen-bond donors (Lipinski definition) is 5. The Hall–Kier alpha value is -0.690. The van der Waals surface area contributed by atoms with Gasteiger partial charge >= 0.3 is 0 Å². The lowest BCUT2D eigenvalue weighted by Crippen LogP contribution is -2.53. The summed E-state index contributed by atoms with van der Waals surface area (Å²) < 4.78 is 0. The number of unbranched alkanes of at least 4 members (excludes halogenated alkanes) is 24. The van der Waals surface area contributed by atoms with Gasteiger partial charge in [-0.25, -0.2) is 0 Å². The van der Waals surface area contributed by atoms with Gasteiger partial charge in [-0.3, -0.25) is 4.79 Å². The molecule has 0 spiro atoms. The third kappa shape index (κ3) is 25.8. The fourth-order valence-corrected chi connectivity index (χ4v) is 5.81. The quantitative estimate of drug-likeness (QED) is 0.0486. The van der Waals surface area contributed by atoms with E-state index < -0.39 is 36.9 Å². The molecule has 0 radical (unpaired) electrons. The van der Waals surface area contributed by atoms with Gasteiger partial charge < -0.3 is 25.7 Å². The number of carbonyl (C=O) groups is 1. The highest BCUT2D eigenvalue weighted by molar-refractivity contribution is 5.80. The summed E-state index contributed by atoms with van der Waals surface area (Å²) in [6.45, 7) is 4.01. The Morgan fingerprint density at radius 3 is 1.14 bits per heavy atom. The highest BCUT2D eigenvalue weighted by Gasteiger charge is 2.28. The second-order valence-electron chi connectivity index (χ2n) is 12.9. The molecule has 0 aromatic rings. The van der Waals surface area contributed by atoms with Gasteiger partial charge in [-0.1, -0.05) is 181 Å². The van der Waals surface area contributed by atoms with Crippen molar-refractivity contribution < 1.29 is 25.2 Å². The van der Waals surface area contributed by atoms with Crippen LogP contribution in [0.15, 0.2) is 0 Å². The predicted molar refractivity (Wildman–Crippen MR) is 178 cm³/mol. The molecule has 4 atom stereocenters. The van der Waals surface area contributed by atoms with Crippen LogP contribution in [0, 0.1) is 0 Å². The van der Waals surface area contributed by atoms with Gasteiger partial charge in [0, 0.05) is 0 Å². The Balaban J connectivity index is 3.75. The zero-order valence-corrected chi connectivity index (χ0v) is 28.0. The van der Waals surface area contributed by atoms with Gasteiger partial charge in [0.2, 0.25) is 5.91 Å². The van der Waals surface area contributed by atoms with E-state index >= 15 is 0 Å². The summed E-state index contributed by atoms with van der Waals surface area (Å²) >= 11 is 0. The summed E-state index contributed by atoms with van der Waals surface area (Å²) in [4.78, 5) is 12.4. The second kappa shape index (κ2) is 31.7. The molecule has 5 N–H and O–H groups in total. The zero-order valence-electron chi connectivity index (χ0n) is 28.0. The first-order valence-electron chi connectivity index (χ1n) is 18.4. The standard InChI is InChI=1S/C36H73NO5/c1-3-5-7-9-11-13-14-15-16-17-18-19-20-22-24-26-28-30-34(40)36(42)37-32(31-38)35(41)33(39)29-27-25-23-21-12-10-8-6-4-2/h32-35,38-41H,3-31H2,1-2H3,(H,37,42). The van der Waals surface area contributed by atoms with E-state index in [2.05, 4.69) is 19.2 Å². The summed E-state index contributed by atoms with van der Waals surface area (Å²) in [5.74, 6) is -0.583. The van der Waals surface area contributed by atoms with Crippen molar-refractivity contribution in [2.24, 2.45) is 0 Å². The van der Waals surface area contributed by atoms with Crippen LogP contribution in [0.5, 0.6) is 0 Å². The van der Waals surface area contributed by atoms with Gasteiger partial charge in [-0.15, -0.1) is 0 Å². The Kier molecular flexibility index (Phi) is 31.2. The normalized spacial score (nSPS) is 14.5. The van der Waals surface area contributed by atoms with Crippen molar-refractivity contribution in [1.29, 1.82) is 0 Å². The zero-order chi connectivity index (χ0) is 31.1. The maximum absolute atomic E-state index is 12.4. The molecule has 0 saturated heterocycles. The molecule has 0 saturated carbocycles. The topological polar surface area (TPSA) is 110 Å². The fraction of sp³-hybridized carbons (Fsp3) is 0.972. The molecule has 0 aliphatic carbocycles. The summed E-state index contributed by atoms with van der Waals surface area (Å²) in [6, 6.07) is -0.976. The number of aliphatic hydroxyl groups is 4. The average Bonchev–Trinajstić information content (AvgIpc) is 2.99. The van der Waals surface area contributed by atoms with Crippen LogP contribution in [-0.2, 0) is 4.79 Å². The molecule has 0 rings (SSSR count). The van der Waals surface area contributed by atoms with Crippen LogP contribution in [-0.4, -0.2) is 57.3 Å². The number of aliphatic hydroxyl groups excluding tert-OH is 4. The van der Waals surface area contributed by atoms with Crippen LogP contribution >= 0.6 is 0 Å². The second-order valence-corrected chi connectivity index (χ2v) is 12.9. The lowest BCUT2D eigenvalue weighted by molar-refractivity contribution is -0.132. The maximum Gasteiger partial charge on any atom is 0.249 e. The fourth-order valence-electron chi connectivity index (χ4n) is 5.81. The van der Waals surface area contributed by atoms with E-state index in [1.165, 1.54) is 128 Å². The van der Waals surface area contributed by atoms with Crippen LogP contribution in [0.2, 0.25) is 0 Å². The van der Waals surface area contributed by atoms with E-state index in [9.17, 15) is 25.2 Å². The number of amides is 1. The first-order chi connectivity index (χ1) is 20.5. The summed E-state index contributed by atoms with van der Waals surface area (Å²) in [5, 5.41) is 43.3. The smallest absolute Gasteiger partial charge is 0.249 e. The minimum Gasteiger partial charge on any atom is -0.394 e. The minimum atomic E-state index is -1.25. The number of hydrogen-bond acceptors (Lipinski definition) is 5. The molecule has 1 amide bonds. The highest BCUT2D eigenvalue weighted by atomic mass is 16.3. The lowest BCUT2D eigenvalue weighted by atomic mass is 9.99. The van der Waals surface area contributed by atoms with E-state index in [0.717, 1.165) is 38.5 Å². The molecule has 0 fully saturated rings. The Morgan fingerprint density at radius 1 is 0.500 bits per heavy atom. The first-order valence-corrected chi connectivity index (χ1v) is 18.4. The average molecular weight is 600 g/mol. The minimum absolute atomic E-state index is 0.375. The molecule has 0 heterocycles. The Bertz CT molecular complexity index is 561. The van der Waals surface area contributed by atoms with Crippen molar-refractivity contribution in [3.05, 3.63) is 0 Å². The van der Waals surface area contributed by atoms with Crippen molar-refractivity contribution >= 4 is 5.91 Å². The van der Waals surface area contributed by atoms with E-state index in [4.69, 9.17) is 0 Å².